The summed E-state index contributed by atoms with van der Waals surface area (Å²) < 4.78 is 86.1. The number of hydrogen-bond donors (Lipinski definition) is 0. The van der Waals surface area contributed by atoms with Crippen molar-refractivity contribution in [1.29, 1.82) is 0 Å². The second-order valence-corrected chi connectivity index (χ2v) is 7.29. The molecule has 0 bridgehead atoms. The van der Waals surface area contributed by atoms with Gasteiger partial charge in [0.1, 0.15) is 16.4 Å². The topological polar surface area (TPSA) is 90.0 Å². The number of benzene rings is 1. The molecule has 0 saturated heterocycles. The third-order valence-corrected chi connectivity index (χ3v) is 5.18. The molecule has 0 radical (unpaired) electrons. The Hall–Kier alpha value is -3.15. The van der Waals surface area contributed by atoms with E-state index in [1.54, 1.807) is 0 Å². The van der Waals surface area contributed by atoms with E-state index in [-0.39, 0.29) is 6.07 Å². The predicted octanol–water partition coefficient (Wildman–Crippen LogP) is 2.61. The quantitative estimate of drug-likeness (QED) is 0.531. The van der Waals surface area contributed by atoms with Gasteiger partial charge in [-0.05, 0) is 30.4 Å². The van der Waals surface area contributed by atoms with Crippen molar-refractivity contribution in [3.05, 3.63) is 59.7 Å². The highest BCUT2D eigenvalue weighted by Gasteiger charge is 2.49. The Morgan fingerprint density at radius 3 is 2.21 bits per heavy atom. The molecular formula is C17H13F4NO6S. The maximum Gasteiger partial charge on any atom is 0.501 e. The van der Waals surface area contributed by atoms with Crippen molar-refractivity contribution < 1.29 is 45.0 Å². The van der Waals surface area contributed by atoms with Crippen LogP contribution in [0.25, 0.3) is 0 Å². The van der Waals surface area contributed by atoms with E-state index in [0.29, 0.717) is 11.0 Å². The number of hydrogen-bond acceptors (Lipinski definition) is 7. The molecule has 0 unspecified atom stereocenters. The highest BCUT2D eigenvalue weighted by molar-refractivity contribution is 7.92. The van der Waals surface area contributed by atoms with Gasteiger partial charge in [0, 0.05) is 6.20 Å². The molecule has 0 amide bonds. The molecule has 1 aromatic carbocycles. The van der Waals surface area contributed by atoms with Gasteiger partial charge in [0.05, 0.1) is 25.5 Å². The lowest BCUT2D eigenvalue weighted by molar-refractivity contribution is -0.139. The van der Waals surface area contributed by atoms with Crippen LogP contribution in [0.15, 0.2) is 58.8 Å². The number of carbonyl (C=O) groups is 2. The largest absolute Gasteiger partial charge is 0.501 e. The van der Waals surface area contributed by atoms with Gasteiger partial charge in [0.25, 0.3) is 9.84 Å². The van der Waals surface area contributed by atoms with E-state index >= 15 is 0 Å². The predicted molar refractivity (Wildman–Crippen MR) is 91.5 cm³/mol. The van der Waals surface area contributed by atoms with Crippen LogP contribution in [0, 0.1) is 5.82 Å². The third kappa shape index (κ3) is 4.16. The first-order valence-corrected chi connectivity index (χ1v) is 9.10. The highest BCUT2D eigenvalue weighted by atomic mass is 32.2. The van der Waals surface area contributed by atoms with Crippen LogP contribution in [-0.4, -0.2) is 40.1 Å². The number of alkyl halides is 3. The molecule has 0 saturated carbocycles. The summed E-state index contributed by atoms with van der Waals surface area (Å²) in [4.78, 5) is 23.6. The van der Waals surface area contributed by atoms with Gasteiger partial charge in [-0.2, -0.15) is 13.2 Å². The minimum atomic E-state index is -6.02. The number of sulfone groups is 1. The molecule has 1 aliphatic rings. The van der Waals surface area contributed by atoms with Gasteiger partial charge in [-0.1, -0.05) is 6.08 Å². The van der Waals surface area contributed by atoms with Crippen molar-refractivity contribution in [1.82, 2.24) is 0 Å². The summed E-state index contributed by atoms with van der Waals surface area (Å²) in [5.41, 5.74) is -7.53. The van der Waals surface area contributed by atoms with Gasteiger partial charge in [0.2, 0.25) is 0 Å². The number of methoxy groups -OCH3 is 2. The van der Waals surface area contributed by atoms with Crippen molar-refractivity contribution in [2.75, 3.05) is 19.1 Å². The second kappa shape index (κ2) is 8.07. The minimum Gasteiger partial charge on any atom is -0.465 e. The molecule has 12 heteroatoms. The van der Waals surface area contributed by atoms with Crippen LogP contribution in [0.5, 0.6) is 0 Å². The fraction of sp³-hybridized carbons (Fsp3) is 0.176. The molecular weight excluding hydrogens is 422 g/mol. The van der Waals surface area contributed by atoms with Crippen LogP contribution in [0.3, 0.4) is 0 Å². The van der Waals surface area contributed by atoms with Gasteiger partial charge in [0.15, 0.2) is 0 Å². The Kier molecular flexibility index (Phi) is 6.16. The zero-order chi connectivity index (χ0) is 22.0. The maximum atomic E-state index is 13.6. The van der Waals surface area contributed by atoms with Crippen molar-refractivity contribution in [2.24, 2.45) is 0 Å². The normalized spacial score (nSPS) is 14.6. The number of ether oxygens (including phenoxy) is 2. The molecule has 156 valence electrons. The summed E-state index contributed by atoms with van der Waals surface area (Å²) >= 11 is 0. The standard InChI is InChI=1S/C17H13F4NO6S/c1-27-15(23)11-5-3-4-8-22(14(11)16(24)28-2)12-7-6-10(18)9-13(12)29(25,26)17(19,20)21/h3-9H,1-2H3. The van der Waals surface area contributed by atoms with E-state index in [4.69, 9.17) is 0 Å². The van der Waals surface area contributed by atoms with Crippen LogP contribution < -0.4 is 4.90 Å². The van der Waals surface area contributed by atoms with Crippen molar-refractivity contribution in [3.8, 4) is 0 Å². The van der Waals surface area contributed by atoms with Crippen molar-refractivity contribution in [3.63, 3.8) is 0 Å². The number of allylic oxidation sites excluding steroid dienone is 2. The van der Waals surface area contributed by atoms with Gasteiger partial charge < -0.3 is 14.4 Å². The fourth-order valence-corrected chi connectivity index (χ4v) is 3.34. The van der Waals surface area contributed by atoms with Gasteiger partial charge >= 0.3 is 17.4 Å². The zero-order valence-electron chi connectivity index (χ0n) is 14.9. The van der Waals surface area contributed by atoms with E-state index in [1.165, 1.54) is 12.2 Å². The number of halogens is 4. The van der Waals surface area contributed by atoms with Crippen LogP contribution in [-0.2, 0) is 28.9 Å². The number of anilines is 1. The number of rotatable bonds is 4. The average Bonchev–Trinajstić information content (AvgIpc) is 2.88. The number of nitrogens with zero attached hydrogens (tertiary/aromatic N) is 1. The first-order valence-electron chi connectivity index (χ1n) is 7.61. The summed E-state index contributed by atoms with van der Waals surface area (Å²) in [6, 6.07) is 1.59. The van der Waals surface area contributed by atoms with Crippen LogP contribution in [0.2, 0.25) is 0 Å². The average molecular weight is 435 g/mol. The van der Waals surface area contributed by atoms with Gasteiger partial charge in [-0.25, -0.2) is 22.4 Å². The molecule has 1 heterocycles. The molecule has 7 nitrogen and oxygen atoms in total. The number of carbonyl (C=O) groups excluding carboxylic acids is 2. The molecule has 0 spiro atoms. The molecule has 2 rings (SSSR count). The summed E-state index contributed by atoms with van der Waals surface area (Å²) in [6.45, 7) is 0. The summed E-state index contributed by atoms with van der Waals surface area (Å²) in [5, 5.41) is 0. The lowest BCUT2D eigenvalue weighted by Gasteiger charge is -2.25. The molecule has 1 aliphatic heterocycles. The van der Waals surface area contributed by atoms with E-state index in [1.807, 2.05) is 0 Å². The highest BCUT2D eigenvalue weighted by Crippen LogP contribution is 2.38. The van der Waals surface area contributed by atoms with E-state index < -0.39 is 55.0 Å². The monoisotopic (exact) mass is 435 g/mol. The zero-order valence-corrected chi connectivity index (χ0v) is 15.7. The van der Waals surface area contributed by atoms with E-state index in [9.17, 15) is 35.6 Å². The van der Waals surface area contributed by atoms with Crippen LogP contribution in [0.4, 0.5) is 23.2 Å². The van der Waals surface area contributed by atoms with Crippen LogP contribution in [0.1, 0.15) is 0 Å². The minimum absolute atomic E-state index is 0.164. The van der Waals surface area contributed by atoms with Gasteiger partial charge in [-0.15, -0.1) is 0 Å². The van der Waals surface area contributed by atoms with Gasteiger partial charge in [-0.3, -0.25) is 0 Å². The SMILES string of the molecule is COC(=O)C1=C(C(=O)OC)N(c2ccc(F)cc2S(=O)(=O)C(F)(F)F)C=CC=C1. The van der Waals surface area contributed by atoms with E-state index in [2.05, 4.69) is 9.47 Å². The molecule has 0 N–H and O–H groups in total. The smallest absolute Gasteiger partial charge is 0.465 e. The molecule has 0 fully saturated rings. The summed E-state index contributed by atoms with van der Waals surface area (Å²) in [5.74, 6) is -3.48. The first-order chi connectivity index (χ1) is 13.5. The second-order valence-electron chi connectivity index (χ2n) is 5.38. The Bertz CT molecular complexity index is 1040. The van der Waals surface area contributed by atoms with Crippen LogP contribution >= 0.6 is 0 Å². The summed E-state index contributed by atoms with van der Waals surface area (Å²) in [7, 11) is -4.08. The molecule has 0 atom stereocenters. The maximum absolute atomic E-state index is 13.6. The lowest BCUT2D eigenvalue weighted by atomic mass is 10.1. The fourth-order valence-electron chi connectivity index (χ4n) is 2.38. The van der Waals surface area contributed by atoms with Crippen molar-refractivity contribution in [2.45, 2.75) is 10.4 Å². The van der Waals surface area contributed by atoms with Crippen molar-refractivity contribution >= 4 is 27.5 Å². The third-order valence-electron chi connectivity index (χ3n) is 3.66. The first kappa shape index (κ1) is 22.1. The molecule has 1 aromatic rings. The summed E-state index contributed by atoms with van der Waals surface area (Å²) in [6.07, 6.45) is 4.61. The lowest BCUT2D eigenvalue weighted by Crippen LogP contribution is -2.30. The number of esters is 2. The Labute approximate surface area is 162 Å². The Morgan fingerprint density at radius 2 is 1.66 bits per heavy atom. The molecule has 0 aliphatic carbocycles. The Balaban J connectivity index is 2.88. The molecule has 0 aromatic heterocycles. The van der Waals surface area contributed by atoms with E-state index in [0.717, 1.165) is 32.6 Å². The molecule has 29 heavy (non-hydrogen) atoms. The Morgan fingerprint density at radius 1 is 1.03 bits per heavy atom.